The fourth-order valence-electron chi connectivity index (χ4n) is 0.692. The van der Waals surface area contributed by atoms with Crippen LogP contribution in [-0.4, -0.2) is 30.3 Å². The Kier molecular flexibility index (Phi) is 6.23. The van der Waals surface area contributed by atoms with E-state index in [1.54, 1.807) is 6.08 Å². The summed E-state index contributed by atoms with van der Waals surface area (Å²) in [5, 5.41) is 2.60. The summed E-state index contributed by atoms with van der Waals surface area (Å²) >= 11 is 0. The molecule has 0 fully saturated rings. The summed E-state index contributed by atoms with van der Waals surface area (Å²) < 4.78 is 0. The van der Waals surface area contributed by atoms with Crippen LogP contribution in [0, 0.1) is 0 Å². The van der Waals surface area contributed by atoms with Crippen molar-refractivity contribution < 1.29 is 9.59 Å². The summed E-state index contributed by atoms with van der Waals surface area (Å²) in [4.78, 5) is 22.6. The van der Waals surface area contributed by atoms with Crippen molar-refractivity contribution in [3.8, 4) is 0 Å². The quantitative estimate of drug-likeness (QED) is 0.454. The molecule has 0 spiro atoms. The molecular formula is C9H14N2O2. The van der Waals surface area contributed by atoms with Crippen LogP contribution in [-0.2, 0) is 9.59 Å². The first-order valence-corrected chi connectivity index (χ1v) is 3.95. The Morgan fingerprint density at radius 3 is 2.62 bits per heavy atom. The first-order chi connectivity index (χ1) is 6.24. The summed E-state index contributed by atoms with van der Waals surface area (Å²) in [5.74, 6) is -0.103. The van der Waals surface area contributed by atoms with Crippen LogP contribution in [0.25, 0.3) is 0 Å². The zero-order chi connectivity index (χ0) is 10.1. The van der Waals surface area contributed by atoms with Gasteiger partial charge in [0, 0.05) is 19.5 Å². The van der Waals surface area contributed by atoms with Crippen molar-refractivity contribution in [1.82, 2.24) is 10.2 Å². The third kappa shape index (κ3) is 5.66. The lowest BCUT2D eigenvalue weighted by Gasteiger charge is -2.10. The predicted molar refractivity (Wildman–Crippen MR) is 50.8 cm³/mol. The Hall–Kier alpha value is -1.58. The van der Waals surface area contributed by atoms with Crippen LogP contribution in [0.5, 0.6) is 0 Å². The van der Waals surface area contributed by atoms with E-state index in [-0.39, 0.29) is 12.3 Å². The average molecular weight is 182 g/mol. The number of carbonyl (C=O) groups excluding carboxylic acids is 2. The van der Waals surface area contributed by atoms with Gasteiger partial charge in [-0.15, -0.1) is 6.58 Å². The highest BCUT2D eigenvalue weighted by molar-refractivity contribution is 5.76. The van der Waals surface area contributed by atoms with Gasteiger partial charge in [-0.2, -0.15) is 0 Å². The van der Waals surface area contributed by atoms with Gasteiger partial charge in [-0.3, -0.25) is 9.59 Å². The highest BCUT2D eigenvalue weighted by Gasteiger charge is 2.01. The van der Waals surface area contributed by atoms with Gasteiger partial charge in [0.15, 0.2) is 0 Å². The highest BCUT2D eigenvalue weighted by Crippen LogP contribution is 1.87. The fraction of sp³-hybridized carbons (Fsp3) is 0.333. The normalized spacial score (nSPS) is 8.62. The monoisotopic (exact) mass is 182 g/mol. The number of rotatable bonds is 7. The van der Waals surface area contributed by atoms with Crippen molar-refractivity contribution in [3.63, 3.8) is 0 Å². The molecule has 4 nitrogen and oxygen atoms in total. The smallest absolute Gasteiger partial charge is 0.222 e. The second-order valence-electron chi connectivity index (χ2n) is 2.37. The Labute approximate surface area is 77.9 Å². The van der Waals surface area contributed by atoms with E-state index in [1.807, 2.05) is 0 Å². The first-order valence-electron chi connectivity index (χ1n) is 3.95. The van der Waals surface area contributed by atoms with Gasteiger partial charge in [0.2, 0.25) is 12.3 Å². The van der Waals surface area contributed by atoms with Crippen molar-refractivity contribution >= 4 is 12.3 Å². The molecule has 0 heterocycles. The minimum Gasteiger partial charge on any atom is -0.353 e. The zero-order valence-corrected chi connectivity index (χ0v) is 7.53. The van der Waals surface area contributed by atoms with Crippen molar-refractivity contribution in [2.45, 2.75) is 6.42 Å². The number of amides is 2. The summed E-state index contributed by atoms with van der Waals surface area (Å²) in [5.41, 5.74) is 0. The Morgan fingerprint density at radius 1 is 1.46 bits per heavy atom. The molecule has 0 bridgehead atoms. The van der Waals surface area contributed by atoms with Crippen LogP contribution in [0.15, 0.2) is 25.4 Å². The fourth-order valence-corrected chi connectivity index (χ4v) is 0.692. The molecule has 0 saturated carbocycles. The van der Waals surface area contributed by atoms with Gasteiger partial charge in [0.25, 0.3) is 0 Å². The summed E-state index contributed by atoms with van der Waals surface area (Å²) in [7, 11) is 0. The van der Waals surface area contributed by atoms with Crippen molar-refractivity contribution in [2.24, 2.45) is 0 Å². The molecule has 0 unspecified atom stereocenters. The van der Waals surface area contributed by atoms with E-state index in [1.165, 1.54) is 11.1 Å². The maximum atomic E-state index is 11.0. The predicted octanol–water partition coefficient (Wildman–Crippen LogP) is 0.281. The van der Waals surface area contributed by atoms with Gasteiger partial charge >= 0.3 is 0 Å². The Balaban J connectivity index is 3.61. The van der Waals surface area contributed by atoms with Crippen LogP contribution < -0.4 is 5.32 Å². The molecule has 0 aliphatic carbocycles. The lowest BCUT2D eigenvalue weighted by atomic mass is 10.4. The van der Waals surface area contributed by atoms with Crippen molar-refractivity contribution in [1.29, 1.82) is 0 Å². The number of hydrogen-bond acceptors (Lipinski definition) is 2. The van der Waals surface area contributed by atoms with E-state index in [0.717, 1.165) is 0 Å². The number of carbonyl (C=O) groups is 2. The minimum atomic E-state index is -0.103. The standard InChI is InChI=1S/C9H14N2O2/c1-3-6-10-9(13)5-7-11(4-2)8-12/h3-4,8H,1-2,5-7H2,(H,10,13). The number of hydrogen-bond donors (Lipinski definition) is 1. The topological polar surface area (TPSA) is 49.4 Å². The van der Waals surface area contributed by atoms with Crippen LogP contribution >= 0.6 is 0 Å². The van der Waals surface area contributed by atoms with Gasteiger partial charge in [-0.05, 0) is 6.20 Å². The second kappa shape index (κ2) is 7.09. The van der Waals surface area contributed by atoms with E-state index in [9.17, 15) is 9.59 Å². The molecule has 0 aromatic heterocycles. The van der Waals surface area contributed by atoms with Gasteiger partial charge in [0.1, 0.15) is 0 Å². The third-order valence-corrected chi connectivity index (χ3v) is 1.41. The molecule has 72 valence electrons. The molecule has 1 N–H and O–H groups in total. The molecule has 0 aromatic rings. The SMILES string of the molecule is C=CCNC(=O)CCN(C=C)C=O. The van der Waals surface area contributed by atoms with Gasteiger partial charge in [0.05, 0.1) is 0 Å². The second-order valence-corrected chi connectivity index (χ2v) is 2.37. The summed E-state index contributed by atoms with van der Waals surface area (Å²) in [6.07, 6.45) is 3.89. The zero-order valence-electron chi connectivity index (χ0n) is 7.53. The maximum absolute atomic E-state index is 11.0. The summed E-state index contributed by atoms with van der Waals surface area (Å²) in [6.45, 7) is 7.69. The Morgan fingerprint density at radius 2 is 2.15 bits per heavy atom. The molecule has 2 amide bonds. The number of nitrogens with one attached hydrogen (secondary N) is 1. The molecule has 0 atom stereocenters. The molecule has 0 saturated heterocycles. The van der Waals surface area contributed by atoms with E-state index in [4.69, 9.17) is 0 Å². The molecule has 0 aliphatic heterocycles. The van der Waals surface area contributed by atoms with Crippen LogP contribution in [0.3, 0.4) is 0 Å². The highest BCUT2D eigenvalue weighted by atomic mass is 16.2. The van der Waals surface area contributed by atoms with E-state index in [0.29, 0.717) is 19.5 Å². The third-order valence-electron chi connectivity index (χ3n) is 1.41. The lowest BCUT2D eigenvalue weighted by Crippen LogP contribution is -2.27. The van der Waals surface area contributed by atoms with Crippen molar-refractivity contribution in [3.05, 3.63) is 25.4 Å². The molecule has 0 aliphatic rings. The van der Waals surface area contributed by atoms with E-state index >= 15 is 0 Å². The molecule has 0 radical (unpaired) electrons. The molecule has 0 rings (SSSR count). The van der Waals surface area contributed by atoms with E-state index in [2.05, 4.69) is 18.5 Å². The number of nitrogens with zero attached hydrogens (tertiary/aromatic N) is 1. The first kappa shape index (κ1) is 11.4. The minimum absolute atomic E-state index is 0.103. The summed E-state index contributed by atoms with van der Waals surface area (Å²) in [6, 6.07) is 0. The van der Waals surface area contributed by atoms with Crippen LogP contribution in [0.4, 0.5) is 0 Å². The van der Waals surface area contributed by atoms with Crippen LogP contribution in [0.1, 0.15) is 6.42 Å². The maximum Gasteiger partial charge on any atom is 0.222 e. The molecule has 13 heavy (non-hydrogen) atoms. The molecule has 0 aromatic carbocycles. The molecular weight excluding hydrogens is 168 g/mol. The Bertz CT molecular complexity index is 194. The van der Waals surface area contributed by atoms with Gasteiger partial charge in [-0.1, -0.05) is 12.7 Å². The van der Waals surface area contributed by atoms with E-state index < -0.39 is 0 Å². The average Bonchev–Trinajstić information content (AvgIpc) is 2.16. The van der Waals surface area contributed by atoms with Gasteiger partial charge in [-0.25, -0.2) is 0 Å². The van der Waals surface area contributed by atoms with Gasteiger partial charge < -0.3 is 10.2 Å². The molecule has 4 heteroatoms. The lowest BCUT2D eigenvalue weighted by molar-refractivity contribution is -0.121. The largest absolute Gasteiger partial charge is 0.353 e. The van der Waals surface area contributed by atoms with Crippen molar-refractivity contribution in [2.75, 3.05) is 13.1 Å². The van der Waals surface area contributed by atoms with Crippen LogP contribution in [0.2, 0.25) is 0 Å².